The Morgan fingerprint density at radius 1 is 0.276 bits per heavy atom. The third-order valence-electron chi connectivity index (χ3n) is 11.4. The van der Waals surface area contributed by atoms with Crippen molar-refractivity contribution in [3.63, 3.8) is 0 Å². The highest BCUT2D eigenvalue weighted by atomic mass is 16.3. The van der Waals surface area contributed by atoms with Gasteiger partial charge in [-0.3, -0.25) is 0 Å². The second-order valence-corrected chi connectivity index (χ2v) is 14.9. The number of anilines is 3. The molecule has 0 saturated carbocycles. The van der Waals surface area contributed by atoms with Gasteiger partial charge in [-0.05, 0) is 127 Å². The van der Waals surface area contributed by atoms with Crippen LogP contribution in [0.5, 0.6) is 0 Å². The standard InChI is InChI=1S/C56H37NO/c1-2-14-41(15-3-1)56-50-21-7-6-13-39(50)27-32-51(56)40-25-29-47(30-26-40)57(49-31-24-38-12-4-5-16-44(38)35-49)48-20-11-19-45(36-48)42-17-10-18-43(34-42)46-28-33-53-52-22-8-9-23-54(52)58-55(53)37-46/h1-37H. The van der Waals surface area contributed by atoms with E-state index in [1.807, 2.05) is 12.1 Å². The number of hydrogen-bond acceptors (Lipinski definition) is 2. The van der Waals surface area contributed by atoms with Crippen LogP contribution in [0.1, 0.15) is 0 Å². The summed E-state index contributed by atoms with van der Waals surface area (Å²) in [5, 5.41) is 7.20. The van der Waals surface area contributed by atoms with E-state index in [1.54, 1.807) is 0 Å². The molecule has 11 rings (SSSR count). The number of fused-ring (bicyclic) bond motifs is 5. The first-order chi connectivity index (χ1) is 28.7. The minimum absolute atomic E-state index is 0.903. The predicted octanol–water partition coefficient (Wildman–Crippen LogP) is 16.0. The molecule has 0 N–H and O–H groups in total. The van der Waals surface area contributed by atoms with Crippen molar-refractivity contribution in [2.45, 2.75) is 0 Å². The zero-order valence-electron chi connectivity index (χ0n) is 31.7. The Labute approximate surface area is 337 Å². The summed E-state index contributed by atoms with van der Waals surface area (Å²) in [4.78, 5) is 2.37. The van der Waals surface area contributed by atoms with Gasteiger partial charge in [0, 0.05) is 27.8 Å². The summed E-state index contributed by atoms with van der Waals surface area (Å²) >= 11 is 0. The third kappa shape index (κ3) is 6.00. The van der Waals surface area contributed by atoms with Crippen molar-refractivity contribution in [3.05, 3.63) is 224 Å². The van der Waals surface area contributed by atoms with Gasteiger partial charge in [0.2, 0.25) is 0 Å². The lowest BCUT2D eigenvalue weighted by Crippen LogP contribution is -2.10. The van der Waals surface area contributed by atoms with Crippen molar-refractivity contribution >= 4 is 60.5 Å². The molecule has 1 heterocycles. The summed E-state index contributed by atoms with van der Waals surface area (Å²) in [5.41, 5.74) is 14.5. The Balaban J connectivity index is 1.00. The summed E-state index contributed by atoms with van der Waals surface area (Å²) < 4.78 is 6.25. The summed E-state index contributed by atoms with van der Waals surface area (Å²) in [5.74, 6) is 0. The van der Waals surface area contributed by atoms with Crippen molar-refractivity contribution in [2.24, 2.45) is 0 Å². The van der Waals surface area contributed by atoms with Crippen LogP contribution in [0.3, 0.4) is 0 Å². The molecule has 2 heteroatoms. The second kappa shape index (κ2) is 14.1. The van der Waals surface area contributed by atoms with Crippen LogP contribution < -0.4 is 4.90 Å². The van der Waals surface area contributed by atoms with E-state index in [1.165, 1.54) is 43.8 Å². The van der Waals surface area contributed by atoms with Crippen molar-refractivity contribution in [3.8, 4) is 44.5 Å². The molecule has 0 radical (unpaired) electrons. The quantitative estimate of drug-likeness (QED) is 0.162. The monoisotopic (exact) mass is 739 g/mol. The minimum Gasteiger partial charge on any atom is -0.456 e. The molecule has 0 spiro atoms. The molecule has 0 unspecified atom stereocenters. The Kier molecular flexibility index (Phi) is 8.19. The SMILES string of the molecule is c1ccc(-c2c(-c3ccc(N(c4cccc(-c5cccc(-c6ccc7c(c6)oc6ccccc67)c5)c4)c4ccc5ccccc5c4)cc3)ccc3ccccc23)cc1. The van der Waals surface area contributed by atoms with Crippen LogP contribution in [-0.2, 0) is 0 Å². The number of para-hydroxylation sites is 1. The van der Waals surface area contributed by atoms with Crippen LogP contribution in [0.4, 0.5) is 17.1 Å². The van der Waals surface area contributed by atoms with Crippen molar-refractivity contribution < 1.29 is 4.42 Å². The van der Waals surface area contributed by atoms with Crippen LogP contribution >= 0.6 is 0 Å². The molecule has 0 saturated heterocycles. The maximum atomic E-state index is 6.25. The van der Waals surface area contributed by atoms with Gasteiger partial charge in [-0.15, -0.1) is 0 Å². The lowest BCUT2D eigenvalue weighted by molar-refractivity contribution is 0.669. The van der Waals surface area contributed by atoms with Crippen molar-refractivity contribution in [1.82, 2.24) is 0 Å². The Bertz CT molecular complexity index is 3290. The zero-order chi connectivity index (χ0) is 38.4. The molecule has 0 aliphatic carbocycles. The number of benzene rings is 10. The highest BCUT2D eigenvalue weighted by Crippen LogP contribution is 2.42. The molecule has 11 aromatic rings. The summed E-state index contributed by atoms with van der Waals surface area (Å²) in [6, 6.07) is 80.8. The normalized spacial score (nSPS) is 11.4. The molecule has 10 aromatic carbocycles. The first-order valence-corrected chi connectivity index (χ1v) is 19.8. The van der Waals surface area contributed by atoms with Gasteiger partial charge in [0.25, 0.3) is 0 Å². The van der Waals surface area contributed by atoms with E-state index in [0.717, 1.165) is 61.3 Å². The average molecular weight is 740 g/mol. The molecule has 0 bridgehead atoms. The van der Waals surface area contributed by atoms with Crippen molar-refractivity contribution in [2.75, 3.05) is 4.90 Å². The van der Waals surface area contributed by atoms with Gasteiger partial charge in [0.05, 0.1) is 0 Å². The zero-order valence-corrected chi connectivity index (χ0v) is 31.7. The highest BCUT2D eigenvalue weighted by molar-refractivity contribution is 6.06. The highest BCUT2D eigenvalue weighted by Gasteiger charge is 2.17. The van der Waals surface area contributed by atoms with Gasteiger partial charge in [-0.25, -0.2) is 0 Å². The summed E-state index contributed by atoms with van der Waals surface area (Å²) in [6.07, 6.45) is 0. The summed E-state index contributed by atoms with van der Waals surface area (Å²) in [6.45, 7) is 0. The lowest BCUT2D eigenvalue weighted by Gasteiger charge is -2.27. The van der Waals surface area contributed by atoms with Crippen LogP contribution in [0.25, 0.3) is 88.0 Å². The summed E-state index contributed by atoms with van der Waals surface area (Å²) in [7, 11) is 0. The largest absolute Gasteiger partial charge is 0.456 e. The van der Waals surface area contributed by atoms with E-state index in [9.17, 15) is 0 Å². The van der Waals surface area contributed by atoms with E-state index in [-0.39, 0.29) is 0 Å². The molecule has 0 amide bonds. The fraction of sp³-hybridized carbons (Fsp3) is 0. The van der Waals surface area contributed by atoms with Crippen molar-refractivity contribution in [1.29, 1.82) is 0 Å². The maximum absolute atomic E-state index is 6.25. The Morgan fingerprint density at radius 3 is 1.67 bits per heavy atom. The van der Waals surface area contributed by atoms with Crippen LogP contribution in [-0.4, -0.2) is 0 Å². The molecule has 2 nitrogen and oxygen atoms in total. The maximum Gasteiger partial charge on any atom is 0.136 e. The van der Waals surface area contributed by atoms with E-state index < -0.39 is 0 Å². The van der Waals surface area contributed by atoms with Crippen LogP contribution in [0, 0.1) is 0 Å². The average Bonchev–Trinajstić information content (AvgIpc) is 3.67. The number of rotatable bonds is 7. The fourth-order valence-corrected chi connectivity index (χ4v) is 8.59. The first kappa shape index (κ1) is 33.6. The molecular weight excluding hydrogens is 703 g/mol. The number of nitrogens with zero attached hydrogens (tertiary/aromatic N) is 1. The molecule has 1 aromatic heterocycles. The topological polar surface area (TPSA) is 16.4 Å². The molecule has 0 fully saturated rings. The Hall–Kier alpha value is -7.68. The van der Waals surface area contributed by atoms with E-state index in [0.29, 0.717) is 0 Å². The van der Waals surface area contributed by atoms with E-state index in [4.69, 9.17) is 4.42 Å². The second-order valence-electron chi connectivity index (χ2n) is 14.9. The lowest BCUT2D eigenvalue weighted by atomic mass is 9.90. The van der Waals surface area contributed by atoms with Gasteiger partial charge in [0.15, 0.2) is 0 Å². The molecular formula is C56H37NO. The molecule has 0 atom stereocenters. The number of hydrogen-bond donors (Lipinski definition) is 0. The number of furan rings is 1. The molecule has 272 valence electrons. The van der Waals surface area contributed by atoms with Gasteiger partial charge in [0.1, 0.15) is 11.2 Å². The van der Waals surface area contributed by atoms with Crippen LogP contribution in [0.15, 0.2) is 229 Å². The Morgan fingerprint density at radius 2 is 0.845 bits per heavy atom. The van der Waals surface area contributed by atoms with Gasteiger partial charge >= 0.3 is 0 Å². The van der Waals surface area contributed by atoms with Gasteiger partial charge in [-0.2, -0.15) is 0 Å². The van der Waals surface area contributed by atoms with E-state index >= 15 is 0 Å². The van der Waals surface area contributed by atoms with Crippen LogP contribution in [0.2, 0.25) is 0 Å². The molecule has 58 heavy (non-hydrogen) atoms. The van der Waals surface area contributed by atoms with E-state index in [2.05, 4.69) is 217 Å². The smallest absolute Gasteiger partial charge is 0.136 e. The van der Waals surface area contributed by atoms with Gasteiger partial charge < -0.3 is 9.32 Å². The fourth-order valence-electron chi connectivity index (χ4n) is 8.59. The predicted molar refractivity (Wildman–Crippen MR) is 245 cm³/mol. The first-order valence-electron chi connectivity index (χ1n) is 19.8. The molecule has 0 aliphatic heterocycles. The van der Waals surface area contributed by atoms with Gasteiger partial charge in [-0.1, -0.05) is 164 Å². The molecule has 0 aliphatic rings. The third-order valence-corrected chi connectivity index (χ3v) is 11.4. The minimum atomic E-state index is 0.903.